The molecule has 1 heterocycles. The SMILES string of the molecule is CC(C)CO[C@H]1C[C@@H]([C@H](I)CC(C)C)OC1=O. The number of cyclic esters (lactones) is 1. The van der Waals surface area contributed by atoms with E-state index < -0.39 is 0 Å². The molecule has 0 saturated carbocycles. The summed E-state index contributed by atoms with van der Waals surface area (Å²) < 4.78 is 11.4. The minimum atomic E-state index is -0.341. The molecule has 1 aliphatic heterocycles. The summed E-state index contributed by atoms with van der Waals surface area (Å²) in [6.07, 6.45) is 1.48. The van der Waals surface area contributed by atoms with Crippen molar-refractivity contribution in [2.45, 2.75) is 56.7 Å². The average Bonchev–Trinajstić information content (AvgIpc) is 2.56. The summed E-state index contributed by atoms with van der Waals surface area (Å²) in [6, 6.07) is 0. The van der Waals surface area contributed by atoms with Crippen LogP contribution in [0.25, 0.3) is 0 Å². The summed E-state index contributed by atoms with van der Waals surface area (Å²) in [5.41, 5.74) is 0. The van der Waals surface area contributed by atoms with E-state index in [1.165, 1.54) is 0 Å². The number of carbonyl (C=O) groups excluding carboxylic acids is 1. The van der Waals surface area contributed by atoms with Crippen molar-refractivity contribution in [2.24, 2.45) is 11.8 Å². The van der Waals surface area contributed by atoms with Crippen molar-refractivity contribution < 1.29 is 14.3 Å². The Morgan fingerprint density at radius 2 is 2.00 bits per heavy atom. The van der Waals surface area contributed by atoms with Gasteiger partial charge in [0.15, 0.2) is 6.10 Å². The van der Waals surface area contributed by atoms with Crippen molar-refractivity contribution in [3.05, 3.63) is 0 Å². The van der Waals surface area contributed by atoms with Crippen LogP contribution in [0.15, 0.2) is 0 Å². The third kappa shape index (κ3) is 5.12. The number of alkyl halides is 1. The molecule has 0 radical (unpaired) electrons. The van der Waals surface area contributed by atoms with Gasteiger partial charge in [0, 0.05) is 10.3 Å². The summed E-state index contributed by atoms with van der Waals surface area (Å²) >= 11 is 2.39. The van der Waals surface area contributed by atoms with Crippen molar-refractivity contribution in [3.63, 3.8) is 0 Å². The van der Waals surface area contributed by atoms with Gasteiger partial charge in [-0.05, 0) is 18.3 Å². The molecule has 17 heavy (non-hydrogen) atoms. The van der Waals surface area contributed by atoms with E-state index in [1.54, 1.807) is 0 Å². The molecule has 1 fully saturated rings. The largest absolute Gasteiger partial charge is 0.459 e. The number of rotatable bonds is 6. The highest BCUT2D eigenvalue weighted by Gasteiger charge is 2.38. The van der Waals surface area contributed by atoms with Crippen LogP contribution in [-0.2, 0) is 14.3 Å². The lowest BCUT2D eigenvalue weighted by Crippen LogP contribution is -2.22. The average molecular weight is 354 g/mol. The van der Waals surface area contributed by atoms with Crippen LogP contribution in [0.4, 0.5) is 0 Å². The zero-order valence-corrected chi connectivity index (χ0v) is 13.3. The van der Waals surface area contributed by atoms with Crippen LogP contribution in [0.3, 0.4) is 0 Å². The summed E-state index contributed by atoms with van der Waals surface area (Å²) in [6.45, 7) is 9.17. The van der Waals surface area contributed by atoms with Gasteiger partial charge in [0.2, 0.25) is 0 Å². The molecule has 0 amide bonds. The molecular weight excluding hydrogens is 331 g/mol. The predicted octanol–water partition coefficient (Wildman–Crippen LogP) is 3.19. The standard InChI is InChI=1S/C13H23IO3/c1-8(2)5-10(14)11-6-12(13(15)17-11)16-7-9(3)4/h8-12H,5-7H2,1-4H3/t10-,11+,12+/m1/s1. The number of esters is 1. The van der Waals surface area contributed by atoms with Gasteiger partial charge in [-0.2, -0.15) is 0 Å². The van der Waals surface area contributed by atoms with Crippen molar-refractivity contribution in [3.8, 4) is 0 Å². The minimum Gasteiger partial charge on any atom is -0.459 e. The Kier molecular flexibility index (Phi) is 6.20. The van der Waals surface area contributed by atoms with Gasteiger partial charge in [-0.3, -0.25) is 0 Å². The molecule has 0 spiro atoms. The fourth-order valence-corrected chi connectivity index (χ4v) is 3.31. The molecule has 0 aliphatic carbocycles. The van der Waals surface area contributed by atoms with Gasteiger partial charge in [0.25, 0.3) is 0 Å². The van der Waals surface area contributed by atoms with Gasteiger partial charge in [-0.1, -0.05) is 50.3 Å². The van der Waals surface area contributed by atoms with E-state index >= 15 is 0 Å². The van der Waals surface area contributed by atoms with Crippen molar-refractivity contribution in [2.75, 3.05) is 6.61 Å². The van der Waals surface area contributed by atoms with Crippen molar-refractivity contribution in [1.82, 2.24) is 0 Å². The van der Waals surface area contributed by atoms with Gasteiger partial charge in [-0.25, -0.2) is 4.79 Å². The highest BCUT2D eigenvalue weighted by molar-refractivity contribution is 14.1. The number of ether oxygens (including phenoxy) is 2. The third-order valence-corrected chi connectivity index (χ3v) is 4.02. The molecule has 3 atom stereocenters. The number of carbonyl (C=O) groups is 1. The Hall–Kier alpha value is 0.160. The van der Waals surface area contributed by atoms with Crippen LogP contribution in [0.1, 0.15) is 40.5 Å². The molecule has 0 aromatic rings. The van der Waals surface area contributed by atoms with Gasteiger partial charge in [0.05, 0.1) is 6.61 Å². The minimum absolute atomic E-state index is 0.0302. The molecule has 0 aromatic heterocycles. The lowest BCUT2D eigenvalue weighted by atomic mass is 10.0. The quantitative estimate of drug-likeness (QED) is 0.418. The zero-order chi connectivity index (χ0) is 13.0. The molecule has 0 N–H and O–H groups in total. The number of hydrogen-bond donors (Lipinski definition) is 0. The zero-order valence-electron chi connectivity index (χ0n) is 11.1. The van der Waals surface area contributed by atoms with Crippen LogP contribution in [0.2, 0.25) is 0 Å². The maximum atomic E-state index is 11.6. The molecule has 100 valence electrons. The van der Waals surface area contributed by atoms with E-state index in [9.17, 15) is 4.79 Å². The van der Waals surface area contributed by atoms with Crippen LogP contribution < -0.4 is 0 Å². The molecule has 0 bridgehead atoms. The smallest absolute Gasteiger partial charge is 0.335 e. The monoisotopic (exact) mass is 354 g/mol. The summed E-state index contributed by atoms with van der Waals surface area (Å²) in [7, 11) is 0. The number of halogens is 1. The van der Waals surface area contributed by atoms with E-state index in [0.29, 0.717) is 28.8 Å². The fraction of sp³-hybridized carbons (Fsp3) is 0.923. The first-order chi connectivity index (χ1) is 7.90. The molecule has 3 nitrogen and oxygen atoms in total. The second-order valence-electron chi connectivity index (χ2n) is 5.57. The van der Waals surface area contributed by atoms with Crippen molar-refractivity contribution in [1.29, 1.82) is 0 Å². The molecule has 1 saturated heterocycles. The Morgan fingerprint density at radius 1 is 1.35 bits per heavy atom. The van der Waals surface area contributed by atoms with Crippen molar-refractivity contribution >= 4 is 28.6 Å². The first kappa shape index (κ1) is 15.2. The molecule has 4 heteroatoms. The van der Waals surface area contributed by atoms with Crippen LogP contribution >= 0.6 is 22.6 Å². The normalized spacial score (nSPS) is 26.6. The molecule has 1 rings (SSSR count). The highest BCUT2D eigenvalue weighted by atomic mass is 127. The lowest BCUT2D eigenvalue weighted by Gasteiger charge is -2.18. The van der Waals surface area contributed by atoms with Gasteiger partial charge >= 0.3 is 5.97 Å². The first-order valence-corrected chi connectivity index (χ1v) is 7.60. The summed E-state index contributed by atoms with van der Waals surface area (Å²) in [5.74, 6) is 0.903. The van der Waals surface area contributed by atoms with E-state index in [4.69, 9.17) is 9.47 Å². The van der Waals surface area contributed by atoms with Crippen LogP contribution in [-0.4, -0.2) is 28.7 Å². The lowest BCUT2D eigenvalue weighted by molar-refractivity contribution is -0.150. The predicted molar refractivity (Wildman–Crippen MR) is 76.3 cm³/mol. The molecule has 0 aromatic carbocycles. The van der Waals surface area contributed by atoms with E-state index in [0.717, 1.165) is 6.42 Å². The Labute approximate surface area is 118 Å². The van der Waals surface area contributed by atoms with Gasteiger partial charge in [0.1, 0.15) is 6.10 Å². The molecule has 0 unspecified atom stereocenters. The topological polar surface area (TPSA) is 35.5 Å². The second-order valence-corrected chi connectivity index (χ2v) is 7.17. The van der Waals surface area contributed by atoms with E-state index in [-0.39, 0.29) is 18.2 Å². The summed E-state index contributed by atoms with van der Waals surface area (Å²) in [5, 5.41) is 0. The van der Waals surface area contributed by atoms with Crippen LogP contribution in [0, 0.1) is 11.8 Å². The Bertz CT molecular complexity index is 253. The van der Waals surface area contributed by atoms with Crippen LogP contribution in [0.5, 0.6) is 0 Å². The van der Waals surface area contributed by atoms with Gasteiger partial charge in [-0.15, -0.1) is 0 Å². The van der Waals surface area contributed by atoms with Gasteiger partial charge < -0.3 is 9.47 Å². The highest BCUT2D eigenvalue weighted by Crippen LogP contribution is 2.28. The fourth-order valence-electron chi connectivity index (χ4n) is 1.85. The summed E-state index contributed by atoms with van der Waals surface area (Å²) in [4.78, 5) is 11.6. The Balaban J connectivity index is 2.40. The van der Waals surface area contributed by atoms with E-state index in [2.05, 4.69) is 50.3 Å². The maximum absolute atomic E-state index is 11.6. The maximum Gasteiger partial charge on any atom is 0.335 e. The molecule has 1 aliphatic rings. The molecular formula is C13H23IO3. The third-order valence-electron chi connectivity index (χ3n) is 2.71. The first-order valence-electron chi connectivity index (χ1n) is 6.36. The second kappa shape index (κ2) is 6.92. The number of hydrogen-bond acceptors (Lipinski definition) is 3. The van der Waals surface area contributed by atoms with E-state index in [1.807, 2.05) is 0 Å². The Morgan fingerprint density at radius 3 is 2.53 bits per heavy atom.